The van der Waals surface area contributed by atoms with Gasteiger partial charge in [0.25, 0.3) is 0 Å². The highest BCUT2D eigenvalue weighted by Gasteiger charge is 2.33. The summed E-state index contributed by atoms with van der Waals surface area (Å²) in [6, 6.07) is 13.5. The number of alkyl halides is 3. The monoisotopic (exact) mass is 629 g/mol. The number of nitrogens with zero attached hydrogens (tertiary/aromatic N) is 4. The van der Waals surface area contributed by atoms with Crippen LogP contribution in [0.5, 0.6) is 5.75 Å². The SMILES string of the molecule is O=S(=O)(c1cccc(OC(F)(F)F)c1)N1CCC(Nc2cc(-c3ccccc3Cl)nc3c(Br)cnn23)CC1. The lowest BCUT2D eigenvalue weighted by molar-refractivity contribution is -0.274. The van der Waals surface area contributed by atoms with E-state index in [2.05, 4.69) is 36.1 Å². The minimum Gasteiger partial charge on any atom is -0.406 e. The Balaban J connectivity index is 1.34. The highest BCUT2D eigenvalue weighted by Crippen LogP contribution is 2.32. The van der Waals surface area contributed by atoms with Crippen LogP contribution in [-0.2, 0) is 10.0 Å². The van der Waals surface area contributed by atoms with E-state index >= 15 is 0 Å². The first-order valence-corrected chi connectivity index (χ1v) is 14.0. The maximum Gasteiger partial charge on any atom is 0.573 e. The third-order valence-electron chi connectivity index (χ3n) is 6.06. The molecule has 1 saturated heterocycles. The Hall–Kier alpha value is -2.87. The predicted molar refractivity (Wildman–Crippen MR) is 140 cm³/mol. The van der Waals surface area contributed by atoms with Crippen LogP contribution in [0.2, 0.25) is 5.02 Å². The van der Waals surface area contributed by atoms with E-state index in [1.165, 1.54) is 16.4 Å². The van der Waals surface area contributed by atoms with E-state index in [1.807, 2.05) is 24.3 Å². The largest absolute Gasteiger partial charge is 0.573 e. The van der Waals surface area contributed by atoms with E-state index in [4.69, 9.17) is 11.6 Å². The zero-order valence-corrected chi connectivity index (χ0v) is 22.6. The van der Waals surface area contributed by atoms with Crippen LogP contribution in [0.1, 0.15) is 12.8 Å². The Labute approximate surface area is 229 Å². The molecule has 0 saturated carbocycles. The van der Waals surface area contributed by atoms with Crippen molar-refractivity contribution in [3.63, 3.8) is 0 Å². The second-order valence-corrected chi connectivity index (χ2v) is 11.8. The summed E-state index contributed by atoms with van der Waals surface area (Å²) in [6.07, 6.45) is -2.35. The van der Waals surface area contributed by atoms with Gasteiger partial charge in [0, 0.05) is 41.9 Å². The van der Waals surface area contributed by atoms with Crippen molar-refractivity contribution in [3.05, 3.63) is 70.3 Å². The number of hydrogen-bond acceptors (Lipinski definition) is 6. The first-order chi connectivity index (χ1) is 18.0. The highest BCUT2D eigenvalue weighted by atomic mass is 79.9. The zero-order chi connectivity index (χ0) is 27.1. The average Bonchev–Trinajstić information content (AvgIpc) is 3.24. The van der Waals surface area contributed by atoms with Crippen LogP contribution in [0.15, 0.2) is 70.2 Å². The molecule has 0 unspecified atom stereocenters. The molecule has 1 N–H and O–H groups in total. The van der Waals surface area contributed by atoms with E-state index in [9.17, 15) is 21.6 Å². The Morgan fingerprint density at radius 2 is 1.82 bits per heavy atom. The number of rotatable bonds is 6. The van der Waals surface area contributed by atoms with Gasteiger partial charge in [0.2, 0.25) is 10.0 Å². The van der Waals surface area contributed by atoms with Crippen LogP contribution < -0.4 is 10.1 Å². The molecule has 0 bridgehead atoms. The van der Waals surface area contributed by atoms with Crippen molar-refractivity contribution in [2.24, 2.45) is 0 Å². The van der Waals surface area contributed by atoms with Crippen LogP contribution >= 0.6 is 27.5 Å². The van der Waals surface area contributed by atoms with E-state index < -0.39 is 22.1 Å². The van der Waals surface area contributed by atoms with E-state index in [0.29, 0.717) is 39.5 Å². The first kappa shape index (κ1) is 26.7. The Morgan fingerprint density at radius 1 is 1.08 bits per heavy atom. The lowest BCUT2D eigenvalue weighted by atomic mass is 10.1. The van der Waals surface area contributed by atoms with Gasteiger partial charge < -0.3 is 10.1 Å². The van der Waals surface area contributed by atoms with Gasteiger partial charge in [-0.15, -0.1) is 13.2 Å². The fourth-order valence-corrected chi connectivity index (χ4v) is 6.36. The Kier molecular flexibility index (Phi) is 7.29. The van der Waals surface area contributed by atoms with E-state index in [-0.39, 0.29) is 24.0 Å². The molecule has 1 aliphatic rings. The molecule has 14 heteroatoms. The minimum atomic E-state index is -4.92. The molecule has 3 heterocycles. The molecule has 0 atom stereocenters. The van der Waals surface area contributed by atoms with Crippen LogP contribution in [0.3, 0.4) is 0 Å². The van der Waals surface area contributed by atoms with Gasteiger partial charge >= 0.3 is 6.36 Å². The maximum absolute atomic E-state index is 13.1. The quantitative estimate of drug-likeness (QED) is 0.282. The Morgan fingerprint density at radius 3 is 2.53 bits per heavy atom. The van der Waals surface area contributed by atoms with Crippen molar-refractivity contribution < 1.29 is 26.3 Å². The van der Waals surface area contributed by atoms with Gasteiger partial charge in [0.15, 0.2) is 5.65 Å². The smallest absolute Gasteiger partial charge is 0.406 e. The summed E-state index contributed by atoms with van der Waals surface area (Å²) in [5, 5.41) is 8.38. The first-order valence-electron chi connectivity index (χ1n) is 11.4. The van der Waals surface area contributed by atoms with Gasteiger partial charge in [-0.2, -0.15) is 13.9 Å². The number of nitrogens with one attached hydrogen (secondary N) is 1. The van der Waals surface area contributed by atoms with Crippen LogP contribution in [0.4, 0.5) is 19.0 Å². The fraction of sp³-hybridized carbons (Fsp3) is 0.250. The topological polar surface area (TPSA) is 88.8 Å². The third-order valence-corrected chi connectivity index (χ3v) is 8.84. The lowest BCUT2D eigenvalue weighted by Crippen LogP contribution is -2.42. The minimum absolute atomic E-state index is 0.0889. The van der Waals surface area contributed by atoms with Crippen molar-refractivity contribution in [1.82, 2.24) is 18.9 Å². The molecule has 1 aliphatic heterocycles. The summed E-state index contributed by atoms with van der Waals surface area (Å²) in [5.74, 6) is 0.0745. The van der Waals surface area contributed by atoms with E-state index in [1.54, 1.807) is 16.8 Å². The summed E-state index contributed by atoms with van der Waals surface area (Å²) in [6.45, 7) is 0.359. The zero-order valence-electron chi connectivity index (χ0n) is 19.5. The summed E-state index contributed by atoms with van der Waals surface area (Å²) in [5.41, 5.74) is 1.99. The van der Waals surface area contributed by atoms with Crippen LogP contribution in [0.25, 0.3) is 16.9 Å². The predicted octanol–water partition coefficient (Wildman–Crippen LogP) is 5.98. The standard InChI is InChI=1S/C24H20BrClF3N5O3S/c25-19-14-30-34-22(13-21(32-23(19)34)18-6-1-2-7-20(18)26)31-15-8-10-33(11-9-15)38(35,36)17-5-3-4-16(12-17)37-24(27,28)29/h1-7,12-15,31H,8-11H2. The van der Waals surface area contributed by atoms with Crippen molar-refractivity contribution >= 4 is 49.0 Å². The van der Waals surface area contributed by atoms with Crippen LogP contribution in [-0.4, -0.2) is 52.8 Å². The molecule has 0 spiro atoms. The number of ether oxygens (including phenoxy) is 1. The van der Waals surface area contributed by atoms with Gasteiger partial charge in [-0.1, -0.05) is 35.9 Å². The summed E-state index contributed by atoms with van der Waals surface area (Å²) in [7, 11) is -4.01. The average molecular weight is 631 g/mol. The number of anilines is 1. The molecule has 1 fully saturated rings. The fourth-order valence-electron chi connectivity index (χ4n) is 4.28. The van der Waals surface area contributed by atoms with Crippen molar-refractivity contribution in [3.8, 4) is 17.0 Å². The molecule has 0 amide bonds. The molecule has 2 aromatic heterocycles. The molecule has 8 nitrogen and oxygen atoms in total. The molecular formula is C24H20BrClF3N5O3S. The number of aromatic nitrogens is 3. The van der Waals surface area contributed by atoms with Gasteiger partial charge in [-0.25, -0.2) is 13.4 Å². The van der Waals surface area contributed by atoms with Gasteiger partial charge in [-0.05, 0) is 47.0 Å². The summed E-state index contributed by atoms with van der Waals surface area (Å²) in [4.78, 5) is 4.43. The molecule has 38 heavy (non-hydrogen) atoms. The van der Waals surface area contributed by atoms with Crippen molar-refractivity contribution in [2.45, 2.75) is 30.1 Å². The maximum atomic E-state index is 13.1. The number of piperidine rings is 1. The number of benzene rings is 2. The molecule has 2 aromatic carbocycles. The van der Waals surface area contributed by atoms with E-state index in [0.717, 1.165) is 17.7 Å². The third kappa shape index (κ3) is 5.60. The number of hydrogen-bond donors (Lipinski definition) is 1. The summed E-state index contributed by atoms with van der Waals surface area (Å²) < 4.78 is 71.4. The van der Waals surface area contributed by atoms with Crippen LogP contribution in [0, 0.1) is 0 Å². The normalized spacial score (nSPS) is 15.6. The number of sulfonamides is 1. The highest BCUT2D eigenvalue weighted by molar-refractivity contribution is 9.10. The van der Waals surface area contributed by atoms with Gasteiger partial charge in [-0.3, -0.25) is 0 Å². The molecule has 4 aromatic rings. The second-order valence-electron chi connectivity index (χ2n) is 8.58. The summed E-state index contributed by atoms with van der Waals surface area (Å²) >= 11 is 9.87. The van der Waals surface area contributed by atoms with Crippen molar-refractivity contribution in [2.75, 3.05) is 18.4 Å². The molecule has 200 valence electrons. The molecule has 5 rings (SSSR count). The molecule has 0 radical (unpaired) electrons. The Bertz CT molecular complexity index is 1590. The number of halogens is 5. The second kappa shape index (κ2) is 10.4. The molecule has 0 aliphatic carbocycles. The molecular weight excluding hydrogens is 611 g/mol. The lowest BCUT2D eigenvalue weighted by Gasteiger charge is -2.32. The van der Waals surface area contributed by atoms with Gasteiger partial charge in [0.1, 0.15) is 11.6 Å². The van der Waals surface area contributed by atoms with Crippen molar-refractivity contribution in [1.29, 1.82) is 0 Å². The van der Waals surface area contributed by atoms with Gasteiger partial charge in [0.05, 0.1) is 21.3 Å². The number of fused-ring (bicyclic) bond motifs is 1.